The third-order valence-corrected chi connectivity index (χ3v) is 2.22. The monoisotopic (exact) mass is 282 g/mol. The molecule has 100 valence electrons. The van der Waals surface area contributed by atoms with E-state index in [0.29, 0.717) is 0 Å². The Bertz CT molecular complexity index is 533. The van der Waals surface area contributed by atoms with Crippen LogP contribution in [-0.2, 0) is 17.1 Å². The highest BCUT2D eigenvalue weighted by Gasteiger charge is 2.48. The topological polar surface area (TPSA) is 43.4 Å². The molecule has 1 aromatic carbocycles. The number of rotatable bonds is 0. The SMILES string of the molecule is O=C1OC(=O)c2c(C(F)(F)F)c#cc(C(F)(F)F)c21. The van der Waals surface area contributed by atoms with Crippen molar-refractivity contribution in [2.45, 2.75) is 12.4 Å². The van der Waals surface area contributed by atoms with Gasteiger partial charge in [-0.3, -0.25) is 0 Å². The molecule has 0 bridgehead atoms. The number of esters is 2. The molecule has 9 heteroatoms. The van der Waals surface area contributed by atoms with E-state index in [9.17, 15) is 35.9 Å². The summed E-state index contributed by atoms with van der Waals surface area (Å²) in [4.78, 5) is 22.2. The number of carbonyl (C=O) groups is 2. The number of alkyl halides is 6. The Morgan fingerprint density at radius 1 is 0.737 bits per heavy atom. The van der Waals surface area contributed by atoms with Gasteiger partial charge in [0.05, 0.1) is 11.1 Å². The fraction of sp³-hybridized carbons (Fsp3) is 0.200. The Balaban J connectivity index is 2.82. The first kappa shape index (κ1) is 13.2. The van der Waals surface area contributed by atoms with Gasteiger partial charge >= 0.3 is 24.3 Å². The Morgan fingerprint density at radius 3 is 1.32 bits per heavy atom. The minimum absolute atomic E-state index is 1.21. The Kier molecular flexibility index (Phi) is 2.52. The first-order valence-electron chi connectivity index (χ1n) is 4.45. The molecule has 1 heterocycles. The average Bonchev–Trinajstić information content (AvgIpc) is 2.51. The minimum Gasteiger partial charge on any atom is -0.386 e. The second kappa shape index (κ2) is 3.63. The highest BCUT2D eigenvalue weighted by atomic mass is 19.4. The molecule has 19 heavy (non-hydrogen) atoms. The first-order chi connectivity index (χ1) is 8.53. The molecule has 0 saturated carbocycles. The van der Waals surface area contributed by atoms with Crippen LogP contribution in [0.4, 0.5) is 26.3 Å². The molecule has 0 atom stereocenters. The predicted octanol–water partition coefficient (Wildman–Crippen LogP) is 2.64. The molecule has 0 amide bonds. The van der Waals surface area contributed by atoms with E-state index in [1.807, 2.05) is 0 Å². The van der Waals surface area contributed by atoms with Crippen molar-refractivity contribution >= 4 is 11.9 Å². The molecule has 0 N–H and O–H groups in total. The lowest BCUT2D eigenvalue weighted by Crippen LogP contribution is -2.15. The maximum Gasteiger partial charge on any atom is 0.425 e. The lowest BCUT2D eigenvalue weighted by atomic mass is 9.99. The van der Waals surface area contributed by atoms with Gasteiger partial charge in [-0.1, -0.05) is 12.1 Å². The van der Waals surface area contributed by atoms with Gasteiger partial charge in [-0.2, -0.15) is 26.3 Å². The highest BCUT2D eigenvalue weighted by molar-refractivity contribution is 6.16. The Hall–Kier alpha value is -2.24. The van der Waals surface area contributed by atoms with Crippen LogP contribution in [0, 0.1) is 12.1 Å². The van der Waals surface area contributed by atoms with E-state index in [2.05, 4.69) is 4.74 Å². The van der Waals surface area contributed by atoms with Gasteiger partial charge in [-0.15, -0.1) is 0 Å². The maximum atomic E-state index is 12.5. The van der Waals surface area contributed by atoms with Gasteiger partial charge in [0.15, 0.2) is 0 Å². The average molecular weight is 282 g/mol. The Labute approximate surface area is 100 Å². The van der Waals surface area contributed by atoms with Gasteiger partial charge in [0.2, 0.25) is 0 Å². The van der Waals surface area contributed by atoms with Crippen molar-refractivity contribution in [2.24, 2.45) is 0 Å². The van der Waals surface area contributed by atoms with Crippen LogP contribution in [0.25, 0.3) is 0 Å². The molecule has 0 saturated heterocycles. The highest BCUT2D eigenvalue weighted by Crippen LogP contribution is 2.40. The van der Waals surface area contributed by atoms with Crippen LogP contribution < -0.4 is 0 Å². The summed E-state index contributed by atoms with van der Waals surface area (Å²) in [6.07, 6.45) is -10.3. The zero-order valence-corrected chi connectivity index (χ0v) is 8.49. The lowest BCUT2D eigenvalue weighted by molar-refractivity contribution is -0.141. The molecular weight excluding hydrogens is 282 g/mol. The molecule has 1 aromatic rings. The second-order valence-corrected chi connectivity index (χ2v) is 3.42. The van der Waals surface area contributed by atoms with Crippen LogP contribution in [0.2, 0.25) is 0 Å². The zero-order chi connectivity index (χ0) is 14.6. The zero-order valence-electron chi connectivity index (χ0n) is 8.49. The molecular formula is C10F6O3. The fourth-order valence-electron chi connectivity index (χ4n) is 1.52. The summed E-state index contributed by atoms with van der Waals surface area (Å²) in [7, 11) is 0. The molecule has 1 aliphatic heterocycles. The summed E-state index contributed by atoms with van der Waals surface area (Å²) in [6, 6.07) is 2.42. The van der Waals surface area contributed by atoms with Crippen LogP contribution in [0.5, 0.6) is 0 Å². The van der Waals surface area contributed by atoms with Crippen LogP contribution in [0.1, 0.15) is 31.8 Å². The van der Waals surface area contributed by atoms with E-state index in [0.717, 1.165) is 0 Å². The number of hydrogen-bond donors (Lipinski definition) is 0. The van der Waals surface area contributed by atoms with Crippen molar-refractivity contribution < 1.29 is 40.7 Å². The largest absolute Gasteiger partial charge is 0.425 e. The van der Waals surface area contributed by atoms with Crippen LogP contribution in [0.3, 0.4) is 0 Å². The predicted molar refractivity (Wildman–Crippen MR) is 43.9 cm³/mol. The molecule has 0 aromatic heterocycles. The van der Waals surface area contributed by atoms with E-state index < -0.39 is 46.5 Å². The van der Waals surface area contributed by atoms with Crippen LogP contribution >= 0.6 is 0 Å². The van der Waals surface area contributed by atoms with Gasteiger partial charge in [0, 0.05) is 0 Å². The smallest absolute Gasteiger partial charge is 0.386 e. The molecule has 3 nitrogen and oxygen atoms in total. The van der Waals surface area contributed by atoms with Crippen molar-refractivity contribution in [3.8, 4) is 0 Å². The van der Waals surface area contributed by atoms with Crippen LogP contribution in [-0.4, -0.2) is 11.9 Å². The summed E-state index contributed by atoms with van der Waals surface area (Å²) >= 11 is 0. The molecule has 0 radical (unpaired) electrons. The third kappa shape index (κ3) is 1.99. The van der Waals surface area contributed by atoms with Crippen molar-refractivity contribution in [1.82, 2.24) is 0 Å². The molecule has 0 spiro atoms. The number of cyclic esters (lactones) is 2. The normalized spacial score (nSPS) is 15.1. The summed E-state index contributed by atoms with van der Waals surface area (Å²) in [5.41, 5.74) is -6.59. The van der Waals surface area contributed by atoms with Gasteiger partial charge in [0.25, 0.3) is 0 Å². The second-order valence-electron chi connectivity index (χ2n) is 3.42. The minimum atomic E-state index is -5.16. The van der Waals surface area contributed by atoms with Crippen molar-refractivity contribution in [2.75, 3.05) is 0 Å². The third-order valence-electron chi connectivity index (χ3n) is 2.22. The van der Waals surface area contributed by atoms with Gasteiger partial charge < -0.3 is 4.74 Å². The van der Waals surface area contributed by atoms with Crippen molar-refractivity contribution in [1.29, 1.82) is 0 Å². The molecule has 0 aliphatic carbocycles. The van der Waals surface area contributed by atoms with Crippen molar-refractivity contribution in [3.63, 3.8) is 0 Å². The molecule has 1 aliphatic rings. The van der Waals surface area contributed by atoms with Gasteiger partial charge in [-0.05, 0) is 0 Å². The van der Waals surface area contributed by atoms with E-state index in [-0.39, 0.29) is 0 Å². The maximum absolute atomic E-state index is 12.5. The number of hydrogen-bond acceptors (Lipinski definition) is 3. The van der Waals surface area contributed by atoms with Crippen molar-refractivity contribution in [3.05, 3.63) is 34.4 Å². The Morgan fingerprint density at radius 2 is 1.05 bits per heavy atom. The van der Waals surface area contributed by atoms with E-state index >= 15 is 0 Å². The first-order valence-corrected chi connectivity index (χ1v) is 4.45. The molecule has 0 fully saturated rings. The number of carbonyl (C=O) groups excluding carboxylic acids is 2. The fourth-order valence-corrected chi connectivity index (χ4v) is 1.52. The summed E-state index contributed by atoms with van der Waals surface area (Å²) in [5, 5.41) is 0. The number of halogens is 6. The summed E-state index contributed by atoms with van der Waals surface area (Å²) in [6.45, 7) is 0. The summed E-state index contributed by atoms with van der Waals surface area (Å²) < 4.78 is 78.9. The molecule has 2 rings (SSSR count). The van der Waals surface area contributed by atoms with Crippen LogP contribution in [0.15, 0.2) is 0 Å². The number of ether oxygens (including phenoxy) is 1. The van der Waals surface area contributed by atoms with E-state index in [4.69, 9.17) is 0 Å². The molecule has 0 unspecified atom stereocenters. The summed E-state index contributed by atoms with van der Waals surface area (Å²) in [5.74, 6) is -3.58. The van der Waals surface area contributed by atoms with Gasteiger partial charge in [0.1, 0.15) is 11.1 Å². The van der Waals surface area contributed by atoms with Gasteiger partial charge in [-0.25, -0.2) is 9.59 Å². The standard InChI is InChI=1S/C10F6O3/c11-9(12,13)3-1-2-4(10(14,15)16)6-5(3)7(17)19-8(6)18. The lowest BCUT2D eigenvalue weighted by Gasteiger charge is -2.09. The number of fused-ring (bicyclic) bond motifs is 1. The van der Waals surface area contributed by atoms with E-state index in [1.54, 1.807) is 0 Å². The van der Waals surface area contributed by atoms with E-state index in [1.165, 1.54) is 12.1 Å². The quantitative estimate of drug-likeness (QED) is 0.417.